The first kappa shape index (κ1) is 16.9. The quantitative estimate of drug-likeness (QED) is 0.378. The van der Waals surface area contributed by atoms with Gasteiger partial charge in [-0.1, -0.05) is 12.1 Å². The van der Waals surface area contributed by atoms with Crippen LogP contribution in [0.15, 0.2) is 29.3 Å². The molecule has 1 aliphatic heterocycles. The molecule has 1 unspecified atom stereocenters. The van der Waals surface area contributed by atoms with Crippen LogP contribution in [0.2, 0.25) is 0 Å². The first-order chi connectivity index (χ1) is 12.1. The van der Waals surface area contributed by atoms with Gasteiger partial charge in [-0.05, 0) is 25.3 Å². The van der Waals surface area contributed by atoms with Gasteiger partial charge in [0.2, 0.25) is 0 Å². The summed E-state index contributed by atoms with van der Waals surface area (Å²) in [6.45, 7) is 3.21. The fraction of sp³-hybridized carbons (Fsp3) is 0.438. The molecule has 25 heavy (non-hydrogen) atoms. The van der Waals surface area contributed by atoms with E-state index in [1.807, 2.05) is 17.7 Å². The molecule has 1 aromatic heterocycles. The zero-order chi connectivity index (χ0) is 17.8. The standard InChI is InChI=1S/C16H21N7O2/c1-11-19-15-14(7-4-8-22(15)21-11)20-16(17-2)18-10-12-5-3-6-13(9-12)23(24)25/h3,5-6,9,14H,4,7-8,10H2,1-2H3,(H2,17,18,20). The minimum atomic E-state index is -0.395. The Labute approximate surface area is 145 Å². The van der Waals surface area contributed by atoms with Crippen molar-refractivity contribution < 1.29 is 4.92 Å². The summed E-state index contributed by atoms with van der Waals surface area (Å²) in [5.74, 6) is 2.32. The molecule has 0 fully saturated rings. The topological polar surface area (TPSA) is 110 Å². The number of aromatic nitrogens is 3. The van der Waals surface area contributed by atoms with Gasteiger partial charge >= 0.3 is 0 Å². The monoisotopic (exact) mass is 343 g/mol. The maximum atomic E-state index is 10.9. The molecule has 132 valence electrons. The van der Waals surface area contributed by atoms with Gasteiger partial charge in [0, 0.05) is 32.3 Å². The van der Waals surface area contributed by atoms with Gasteiger partial charge in [0.25, 0.3) is 5.69 Å². The van der Waals surface area contributed by atoms with Crippen LogP contribution in [0.4, 0.5) is 5.69 Å². The van der Waals surface area contributed by atoms with Crippen LogP contribution in [0.3, 0.4) is 0 Å². The lowest BCUT2D eigenvalue weighted by molar-refractivity contribution is -0.384. The van der Waals surface area contributed by atoms with Crippen molar-refractivity contribution in [3.8, 4) is 0 Å². The molecule has 1 aromatic carbocycles. The number of benzene rings is 1. The van der Waals surface area contributed by atoms with E-state index in [1.54, 1.807) is 19.2 Å². The van der Waals surface area contributed by atoms with Crippen molar-refractivity contribution in [1.82, 2.24) is 25.4 Å². The molecular formula is C16H21N7O2. The Balaban J connectivity index is 1.64. The third-order valence-electron chi connectivity index (χ3n) is 4.10. The SMILES string of the molecule is CN=C(NCc1cccc([N+](=O)[O-])c1)NC1CCCn2nc(C)nc21. The molecule has 0 amide bonds. The minimum absolute atomic E-state index is 0.0475. The van der Waals surface area contributed by atoms with Crippen LogP contribution in [-0.4, -0.2) is 32.7 Å². The minimum Gasteiger partial charge on any atom is -0.352 e. The number of guanidine groups is 1. The van der Waals surface area contributed by atoms with Gasteiger partial charge in [-0.15, -0.1) is 0 Å². The second-order valence-electron chi connectivity index (χ2n) is 5.93. The number of hydrogen-bond acceptors (Lipinski definition) is 5. The second kappa shape index (κ2) is 7.29. The number of nitro benzene ring substituents is 1. The molecule has 0 saturated carbocycles. The fourth-order valence-corrected chi connectivity index (χ4v) is 2.93. The number of aliphatic imine (C=N–C) groups is 1. The number of nitro groups is 1. The van der Waals surface area contributed by atoms with Crippen molar-refractivity contribution in [2.24, 2.45) is 4.99 Å². The van der Waals surface area contributed by atoms with Gasteiger partial charge in [0.05, 0.1) is 11.0 Å². The van der Waals surface area contributed by atoms with Crippen LogP contribution < -0.4 is 10.6 Å². The Hall–Kier alpha value is -2.97. The van der Waals surface area contributed by atoms with Crippen molar-refractivity contribution in [1.29, 1.82) is 0 Å². The van der Waals surface area contributed by atoms with E-state index in [-0.39, 0.29) is 11.7 Å². The molecule has 9 nitrogen and oxygen atoms in total. The molecule has 9 heteroatoms. The van der Waals surface area contributed by atoms with E-state index in [2.05, 4.69) is 25.7 Å². The summed E-state index contributed by atoms with van der Waals surface area (Å²) >= 11 is 0. The highest BCUT2D eigenvalue weighted by Crippen LogP contribution is 2.22. The zero-order valence-electron chi connectivity index (χ0n) is 14.3. The molecule has 0 radical (unpaired) electrons. The Morgan fingerprint density at radius 1 is 1.52 bits per heavy atom. The summed E-state index contributed by atoms with van der Waals surface area (Å²) in [5.41, 5.74) is 0.901. The van der Waals surface area contributed by atoms with E-state index < -0.39 is 4.92 Å². The summed E-state index contributed by atoms with van der Waals surface area (Å²) < 4.78 is 1.93. The van der Waals surface area contributed by atoms with Crippen LogP contribution in [0.25, 0.3) is 0 Å². The van der Waals surface area contributed by atoms with Crippen molar-refractivity contribution >= 4 is 11.6 Å². The van der Waals surface area contributed by atoms with Crippen molar-refractivity contribution in [3.05, 3.63) is 51.6 Å². The highest BCUT2D eigenvalue weighted by molar-refractivity contribution is 5.80. The van der Waals surface area contributed by atoms with Crippen molar-refractivity contribution in [2.75, 3.05) is 7.05 Å². The molecular weight excluding hydrogens is 322 g/mol. The average molecular weight is 343 g/mol. The van der Waals surface area contributed by atoms with E-state index in [0.29, 0.717) is 12.5 Å². The van der Waals surface area contributed by atoms with Gasteiger partial charge in [0.1, 0.15) is 11.6 Å². The highest BCUT2D eigenvalue weighted by Gasteiger charge is 2.24. The molecule has 1 aliphatic rings. The smallest absolute Gasteiger partial charge is 0.269 e. The van der Waals surface area contributed by atoms with Crippen LogP contribution >= 0.6 is 0 Å². The summed E-state index contributed by atoms with van der Waals surface area (Å²) in [7, 11) is 1.70. The average Bonchev–Trinajstić information content (AvgIpc) is 2.99. The lowest BCUT2D eigenvalue weighted by Gasteiger charge is -2.25. The second-order valence-corrected chi connectivity index (χ2v) is 5.93. The zero-order valence-corrected chi connectivity index (χ0v) is 14.3. The third kappa shape index (κ3) is 3.93. The largest absolute Gasteiger partial charge is 0.352 e. The molecule has 0 saturated heterocycles. The highest BCUT2D eigenvalue weighted by atomic mass is 16.6. The molecule has 1 atom stereocenters. The Morgan fingerprint density at radius 2 is 2.36 bits per heavy atom. The first-order valence-electron chi connectivity index (χ1n) is 8.18. The molecule has 0 aliphatic carbocycles. The van der Waals surface area contributed by atoms with Crippen LogP contribution in [0.1, 0.15) is 36.1 Å². The van der Waals surface area contributed by atoms with E-state index >= 15 is 0 Å². The van der Waals surface area contributed by atoms with E-state index in [4.69, 9.17) is 0 Å². The van der Waals surface area contributed by atoms with Gasteiger partial charge in [-0.25, -0.2) is 9.67 Å². The number of nitrogens with one attached hydrogen (secondary N) is 2. The summed E-state index contributed by atoms with van der Waals surface area (Å²) in [6.07, 6.45) is 1.98. The van der Waals surface area contributed by atoms with E-state index in [1.165, 1.54) is 6.07 Å². The maximum absolute atomic E-state index is 10.9. The number of rotatable bonds is 4. The molecule has 0 bridgehead atoms. The third-order valence-corrected chi connectivity index (χ3v) is 4.10. The number of aryl methyl sites for hydroxylation is 2. The molecule has 0 spiro atoms. The molecule has 2 N–H and O–H groups in total. The van der Waals surface area contributed by atoms with Gasteiger partial charge < -0.3 is 10.6 Å². The lowest BCUT2D eigenvalue weighted by Crippen LogP contribution is -2.41. The summed E-state index contributed by atoms with van der Waals surface area (Å²) in [5, 5.41) is 21.8. The lowest BCUT2D eigenvalue weighted by atomic mass is 10.1. The van der Waals surface area contributed by atoms with Crippen LogP contribution in [0, 0.1) is 17.0 Å². The Bertz CT molecular complexity index is 800. The number of hydrogen-bond donors (Lipinski definition) is 2. The normalized spacial score (nSPS) is 17.0. The van der Waals surface area contributed by atoms with E-state index in [9.17, 15) is 10.1 Å². The van der Waals surface area contributed by atoms with Gasteiger partial charge in [0.15, 0.2) is 5.96 Å². The molecule has 3 rings (SSSR count). The van der Waals surface area contributed by atoms with Gasteiger partial charge in [-0.3, -0.25) is 15.1 Å². The molecule has 2 aromatic rings. The maximum Gasteiger partial charge on any atom is 0.269 e. The fourth-order valence-electron chi connectivity index (χ4n) is 2.93. The Kier molecular flexibility index (Phi) is 4.92. The van der Waals surface area contributed by atoms with Crippen LogP contribution in [-0.2, 0) is 13.1 Å². The number of non-ortho nitro benzene ring substituents is 1. The van der Waals surface area contributed by atoms with Gasteiger partial charge in [-0.2, -0.15) is 5.10 Å². The predicted octanol–water partition coefficient (Wildman–Crippen LogP) is 1.69. The molecule has 2 heterocycles. The van der Waals surface area contributed by atoms with E-state index in [0.717, 1.165) is 36.6 Å². The summed E-state index contributed by atoms with van der Waals surface area (Å²) in [4.78, 5) is 19.2. The van der Waals surface area contributed by atoms with Crippen molar-refractivity contribution in [3.63, 3.8) is 0 Å². The first-order valence-corrected chi connectivity index (χ1v) is 8.18. The Morgan fingerprint density at radius 3 is 3.12 bits per heavy atom. The predicted molar refractivity (Wildman–Crippen MR) is 93.2 cm³/mol. The number of fused-ring (bicyclic) bond motifs is 1. The van der Waals surface area contributed by atoms with Crippen molar-refractivity contribution in [2.45, 2.75) is 38.9 Å². The van der Waals surface area contributed by atoms with Crippen LogP contribution in [0.5, 0.6) is 0 Å². The summed E-state index contributed by atoms with van der Waals surface area (Å²) in [6, 6.07) is 6.60. The number of nitrogens with zero attached hydrogens (tertiary/aromatic N) is 5.